The fraction of sp³-hybridized carbons (Fsp3) is 0.375. The average molecular weight is 306 g/mol. The molecule has 1 aliphatic rings. The third-order valence-corrected chi connectivity index (χ3v) is 4.24. The predicted molar refractivity (Wildman–Crippen MR) is 80.7 cm³/mol. The normalized spacial score (nSPS) is 18.1. The second-order valence-electron chi connectivity index (χ2n) is 5.45. The zero-order valence-electron chi connectivity index (χ0n) is 11.6. The van der Waals surface area contributed by atoms with Crippen LogP contribution in [0.3, 0.4) is 0 Å². The van der Waals surface area contributed by atoms with Gasteiger partial charge in [0.15, 0.2) is 0 Å². The Kier molecular flexibility index (Phi) is 4.17. The van der Waals surface area contributed by atoms with Crippen molar-refractivity contribution >= 4 is 11.6 Å². The number of fused-ring (bicyclic) bond motifs is 1. The number of hydrogen-bond acceptors (Lipinski definition) is 3. The van der Waals surface area contributed by atoms with Gasteiger partial charge in [0, 0.05) is 34.9 Å². The summed E-state index contributed by atoms with van der Waals surface area (Å²) in [5.41, 5.74) is 9.08. The first-order valence-corrected chi connectivity index (χ1v) is 7.55. The van der Waals surface area contributed by atoms with Crippen LogP contribution in [0.4, 0.5) is 4.39 Å². The van der Waals surface area contributed by atoms with Crippen LogP contribution >= 0.6 is 11.6 Å². The lowest BCUT2D eigenvalue weighted by Crippen LogP contribution is -2.13. The molecule has 0 amide bonds. The SMILES string of the molecule is NC1CCCCc2nc(Cc3ccc(F)cc3Cl)ncc21. The number of halogens is 2. The highest BCUT2D eigenvalue weighted by Gasteiger charge is 2.17. The highest BCUT2D eigenvalue weighted by atomic mass is 35.5. The van der Waals surface area contributed by atoms with E-state index >= 15 is 0 Å². The Morgan fingerprint density at radius 3 is 3.00 bits per heavy atom. The number of benzene rings is 1. The van der Waals surface area contributed by atoms with E-state index in [1.807, 2.05) is 6.20 Å². The van der Waals surface area contributed by atoms with Crippen LogP contribution in [0.5, 0.6) is 0 Å². The maximum Gasteiger partial charge on any atom is 0.132 e. The van der Waals surface area contributed by atoms with Gasteiger partial charge in [-0.05, 0) is 37.0 Å². The summed E-state index contributed by atoms with van der Waals surface area (Å²) >= 11 is 6.06. The summed E-state index contributed by atoms with van der Waals surface area (Å²) in [6, 6.07) is 4.43. The van der Waals surface area contributed by atoms with Crippen LogP contribution < -0.4 is 5.73 Å². The van der Waals surface area contributed by atoms with E-state index in [2.05, 4.69) is 9.97 Å². The quantitative estimate of drug-likeness (QED) is 0.863. The van der Waals surface area contributed by atoms with Crippen molar-refractivity contribution in [2.45, 2.75) is 38.1 Å². The summed E-state index contributed by atoms with van der Waals surface area (Å²) in [7, 11) is 0. The smallest absolute Gasteiger partial charge is 0.132 e. The van der Waals surface area contributed by atoms with Gasteiger partial charge in [-0.1, -0.05) is 24.1 Å². The van der Waals surface area contributed by atoms with Crippen molar-refractivity contribution in [3.8, 4) is 0 Å². The number of nitrogens with two attached hydrogens (primary N) is 1. The molecule has 1 aromatic carbocycles. The molecule has 21 heavy (non-hydrogen) atoms. The van der Waals surface area contributed by atoms with E-state index in [-0.39, 0.29) is 11.9 Å². The number of rotatable bonds is 2. The van der Waals surface area contributed by atoms with Crippen molar-refractivity contribution < 1.29 is 4.39 Å². The maximum absolute atomic E-state index is 13.1. The summed E-state index contributed by atoms with van der Waals surface area (Å²) in [6.45, 7) is 0. The Balaban J connectivity index is 1.88. The molecule has 0 bridgehead atoms. The molecule has 5 heteroatoms. The Morgan fingerprint density at radius 2 is 2.19 bits per heavy atom. The van der Waals surface area contributed by atoms with Gasteiger partial charge in [0.2, 0.25) is 0 Å². The first kappa shape index (κ1) is 14.4. The minimum absolute atomic E-state index is 0.0333. The van der Waals surface area contributed by atoms with Crippen LogP contribution in [0.25, 0.3) is 0 Å². The third kappa shape index (κ3) is 3.22. The lowest BCUT2D eigenvalue weighted by molar-refractivity contribution is 0.614. The summed E-state index contributed by atoms with van der Waals surface area (Å²) in [5.74, 6) is 0.369. The Bertz CT molecular complexity index is 660. The van der Waals surface area contributed by atoms with Crippen LogP contribution in [0, 0.1) is 5.82 Å². The Morgan fingerprint density at radius 1 is 1.33 bits per heavy atom. The molecule has 1 unspecified atom stereocenters. The fourth-order valence-electron chi connectivity index (χ4n) is 2.71. The van der Waals surface area contributed by atoms with Crippen molar-refractivity contribution in [2.75, 3.05) is 0 Å². The molecule has 0 saturated heterocycles. The molecule has 0 spiro atoms. The second kappa shape index (κ2) is 6.08. The van der Waals surface area contributed by atoms with Crippen molar-refractivity contribution in [1.82, 2.24) is 9.97 Å². The molecule has 3 nitrogen and oxygen atoms in total. The van der Waals surface area contributed by atoms with Crippen LogP contribution in [-0.2, 0) is 12.8 Å². The first-order valence-electron chi connectivity index (χ1n) is 7.17. The highest BCUT2D eigenvalue weighted by molar-refractivity contribution is 6.31. The van der Waals surface area contributed by atoms with Gasteiger partial charge in [-0.15, -0.1) is 0 Å². The molecule has 2 aromatic rings. The van der Waals surface area contributed by atoms with Gasteiger partial charge in [0.05, 0.1) is 0 Å². The lowest BCUT2D eigenvalue weighted by atomic mass is 10.1. The molecule has 1 aromatic heterocycles. The van der Waals surface area contributed by atoms with E-state index in [9.17, 15) is 4.39 Å². The molecule has 3 rings (SSSR count). The fourth-order valence-corrected chi connectivity index (χ4v) is 2.94. The van der Waals surface area contributed by atoms with Crippen molar-refractivity contribution in [3.63, 3.8) is 0 Å². The number of nitrogens with zero attached hydrogens (tertiary/aromatic N) is 2. The molecule has 0 radical (unpaired) electrons. The molecule has 0 fully saturated rings. The Hall–Kier alpha value is -1.52. The predicted octanol–water partition coefficient (Wildman–Crippen LogP) is 3.59. The second-order valence-corrected chi connectivity index (χ2v) is 5.86. The number of hydrogen-bond donors (Lipinski definition) is 1. The van der Waals surface area contributed by atoms with Gasteiger partial charge in [-0.2, -0.15) is 0 Å². The van der Waals surface area contributed by atoms with Gasteiger partial charge in [-0.3, -0.25) is 0 Å². The third-order valence-electron chi connectivity index (χ3n) is 3.89. The number of aryl methyl sites for hydroxylation is 1. The van der Waals surface area contributed by atoms with Crippen molar-refractivity contribution in [1.29, 1.82) is 0 Å². The van der Waals surface area contributed by atoms with Gasteiger partial charge in [-0.25, -0.2) is 14.4 Å². The van der Waals surface area contributed by atoms with E-state index < -0.39 is 0 Å². The van der Waals surface area contributed by atoms with E-state index in [0.29, 0.717) is 17.3 Å². The van der Waals surface area contributed by atoms with E-state index in [1.165, 1.54) is 12.1 Å². The Labute approximate surface area is 128 Å². The minimum Gasteiger partial charge on any atom is -0.324 e. The summed E-state index contributed by atoms with van der Waals surface area (Å²) < 4.78 is 13.1. The van der Waals surface area contributed by atoms with Crippen molar-refractivity contribution in [3.05, 3.63) is 57.9 Å². The van der Waals surface area contributed by atoms with Crippen LogP contribution in [0.2, 0.25) is 5.02 Å². The molecule has 110 valence electrons. The summed E-state index contributed by atoms with van der Waals surface area (Å²) in [5, 5.41) is 0.408. The lowest BCUT2D eigenvalue weighted by Gasteiger charge is -2.12. The van der Waals surface area contributed by atoms with Gasteiger partial charge in [0.1, 0.15) is 11.6 Å². The molecule has 0 aliphatic heterocycles. The van der Waals surface area contributed by atoms with Gasteiger partial charge >= 0.3 is 0 Å². The minimum atomic E-state index is -0.336. The van der Waals surface area contributed by atoms with Crippen molar-refractivity contribution in [2.24, 2.45) is 5.73 Å². The number of aromatic nitrogens is 2. The zero-order chi connectivity index (χ0) is 14.8. The van der Waals surface area contributed by atoms with Gasteiger partial charge in [0.25, 0.3) is 0 Å². The average Bonchev–Trinajstić information content (AvgIpc) is 2.64. The zero-order valence-corrected chi connectivity index (χ0v) is 12.4. The van der Waals surface area contributed by atoms with Crippen LogP contribution in [0.15, 0.2) is 24.4 Å². The summed E-state index contributed by atoms with van der Waals surface area (Å²) in [6.07, 6.45) is 6.49. The van der Waals surface area contributed by atoms with E-state index in [1.54, 1.807) is 6.07 Å². The maximum atomic E-state index is 13.1. The molecule has 1 aliphatic carbocycles. The van der Waals surface area contributed by atoms with Crippen LogP contribution in [0.1, 0.15) is 47.9 Å². The molecule has 2 N–H and O–H groups in total. The van der Waals surface area contributed by atoms with E-state index in [0.717, 1.165) is 42.5 Å². The van der Waals surface area contributed by atoms with E-state index in [4.69, 9.17) is 17.3 Å². The first-order chi connectivity index (χ1) is 10.1. The molecule has 1 atom stereocenters. The highest BCUT2D eigenvalue weighted by Crippen LogP contribution is 2.26. The summed E-state index contributed by atoms with van der Waals surface area (Å²) in [4.78, 5) is 9.04. The van der Waals surface area contributed by atoms with Gasteiger partial charge < -0.3 is 5.73 Å². The topological polar surface area (TPSA) is 51.8 Å². The standard InChI is InChI=1S/C16H17ClFN3/c17-13-8-11(18)6-5-10(13)7-16-20-9-12-14(19)3-1-2-4-15(12)21-16/h5-6,8-9,14H,1-4,7,19H2. The molecular formula is C16H17ClFN3. The largest absolute Gasteiger partial charge is 0.324 e. The monoisotopic (exact) mass is 305 g/mol. The van der Waals surface area contributed by atoms with Crippen LogP contribution in [-0.4, -0.2) is 9.97 Å². The molecule has 0 saturated carbocycles. The molecule has 1 heterocycles. The molecular weight excluding hydrogens is 289 g/mol.